The van der Waals surface area contributed by atoms with Crippen LogP contribution in [0.3, 0.4) is 0 Å². The first kappa shape index (κ1) is 18.8. The number of hydrogen-bond donors (Lipinski definition) is 0. The number of hydrogen-bond acceptors (Lipinski definition) is 4. The molecule has 1 heterocycles. The minimum atomic E-state index is -0.474. The van der Waals surface area contributed by atoms with Gasteiger partial charge < -0.3 is 9.64 Å². The van der Waals surface area contributed by atoms with E-state index in [1.807, 2.05) is 4.90 Å². The third kappa shape index (κ3) is 4.80. The summed E-state index contributed by atoms with van der Waals surface area (Å²) in [6.07, 6.45) is 0. The fourth-order valence-corrected chi connectivity index (χ4v) is 3.01. The van der Waals surface area contributed by atoms with E-state index in [2.05, 4.69) is 6.07 Å². The number of halogens is 2. The van der Waals surface area contributed by atoms with E-state index >= 15 is 0 Å². The van der Waals surface area contributed by atoms with Crippen molar-refractivity contribution in [2.24, 2.45) is 0 Å². The van der Waals surface area contributed by atoms with Gasteiger partial charge in [-0.2, -0.15) is 5.26 Å². The first-order valence-corrected chi connectivity index (χ1v) is 8.62. The molecule has 7 heteroatoms. The molecular formula is C20H19F2N3O2. The lowest BCUT2D eigenvalue weighted by Crippen LogP contribution is -2.50. The Morgan fingerprint density at radius 1 is 1.00 bits per heavy atom. The minimum Gasteiger partial charge on any atom is -0.484 e. The third-order valence-corrected chi connectivity index (χ3v) is 4.52. The molecule has 0 aliphatic carbocycles. The predicted octanol–water partition coefficient (Wildman–Crippen LogP) is 2.75. The van der Waals surface area contributed by atoms with Crippen LogP contribution in [0.1, 0.15) is 11.6 Å². The molecule has 140 valence electrons. The van der Waals surface area contributed by atoms with Crippen molar-refractivity contribution in [1.82, 2.24) is 9.80 Å². The fraction of sp³-hybridized carbons (Fsp3) is 0.300. The van der Waals surface area contributed by atoms with Crippen LogP contribution < -0.4 is 4.74 Å². The Balaban J connectivity index is 1.51. The molecule has 27 heavy (non-hydrogen) atoms. The van der Waals surface area contributed by atoms with E-state index in [-0.39, 0.29) is 24.1 Å². The van der Waals surface area contributed by atoms with E-state index in [0.29, 0.717) is 31.9 Å². The summed E-state index contributed by atoms with van der Waals surface area (Å²) in [6.45, 7) is 1.91. The standard InChI is InChI=1S/C20H19F2N3O2/c21-16-3-1-15(2-4-16)19(13-23)24-9-11-25(12-10-24)20(26)14-27-18-7-5-17(22)6-8-18/h1-8,19H,9-12,14H2/t19-/m0/s1. The van der Waals surface area contributed by atoms with Gasteiger partial charge in [0.15, 0.2) is 6.61 Å². The lowest BCUT2D eigenvalue weighted by atomic mass is 10.1. The van der Waals surface area contributed by atoms with E-state index in [1.54, 1.807) is 17.0 Å². The molecule has 0 radical (unpaired) electrons. The average Bonchev–Trinajstić information content (AvgIpc) is 2.70. The van der Waals surface area contributed by atoms with Crippen LogP contribution in [0.2, 0.25) is 0 Å². The lowest BCUT2D eigenvalue weighted by molar-refractivity contribution is -0.135. The van der Waals surface area contributed by atoms with Crippen molar-refractivity contribution in [3.8, 4) is 11.8 Å². The van der Waals surface area contributed by atoms with Crippen molar-refractivity contribution in [2.75, 3.05) is 32.8 Å². The van der Waals surface area contributed by atoms with Crippen LogP contribution in [-0.2, 0) is 4.79 Å². The first-order valence-electron chi connectivity index (χ1n) is 8.62. The van der Waals surface area contributed by atoms with Crippen molar-refractivity contribution in [2.45, 2.75) is 6.04 Å². The van der Waals surface area contributed by atoms with Crippen LogP contribution in [0, 0.1) is 23.0 Å². The second-order valence-corrected chi connectivity index (χ2v) is 6.24. The van der Waals surface area contributed by atoms with Crippen LogP contribution in [0.4, 0.5) is 8.78 Å². The van der Waals surface area contributed by atoms with E-state index < -0.39 is 6.04 Å². The van der Waals surface area contributed by atoms with Crippen molar-refractivity contribution in [3.05, 3.63) is 65.7 Å². The lowest BCUT2D eigenvalue weighted by Gasteiger charge is -2.37. The Hall–Kier alpha value is -2.98. The molecule has 0 spiro atoms. The number of amides is 1. The highest BCUT2D eigenvalue weighted by Gasteiger charge is 2.27. The molecule has 0 aromatic heterocycles. The summed E-state index contributed by atoms with van der Waals surface area (Å²) < 4.78 is 31.3. The summed E-state index contributed by atoms with van der Waals surface area (Å²) in [4.78, 5) is 15.9. The summed E-state index contributed by atoms with van der Waals surface area (Å²) in [7, 11) is 0. The SMILES string of the molecule is N#C[C@@H](c1ccc(F)cc1)N1CCN(C(=O)COc2ccc(F)cc2)CC1. The van der Waals surface area contributed by atoms with Crippen LogP contribution >= 0.6 is 0 Å². The van der Waals surface area contributed by atoms with Gasteiger partial charge in [-0.1, -0.05) is 12.1 Å². The minimum absolute atomic E-state index is 0.120. The molecule has 1 fully saturated rings. The van der Waals surface area contributed by atoms with Gasteiger partial charge in [-0.25, -0.2) is 8.78 Å². The molecule has 5 nitrogen and oxygen atoms in total. The Labute approximate surface area is 156 Å². The van der Waals surface area contributed by atoms with Gasteiger partial charge in [0, 0.05) is 26.2 Å². The Morgan fingerprint density at radius 3 is 2.11 bits per heavy atom. The summed E-state index contributed by atoms with van der Waals surface area (Å²) in [5.74, 6) is -0.427. The van der Waals surface area contributed by atoms with Crippen LogP contribution in [0.5, 0.6) is 5.75 Å². The maximum absolute atomic E-state index is 13.1. The molecule has 2 aromatic rings. The van der Waals surface area contributed by atoms with Crippen LogP contribution in [0.15, 0.2) is 48.5 Å². The molecule has 0 N–H and O–H groups in total. The zero-order valence-corrected chi connectivity index (χ0v) is 14.6. The molecule has 1 amide bonds. The quantitative estimate of drug-likeness (QED) is 0.811. The number of ether oxygens (including phenoxy) is 1. The molecule has 0 saturated carbocycles. The highest BCUT2D eigenvalue weighted by Crippen LogP contribution is 2.22. The molecule has 2 aromatic carbocycles. The molecule has 0 unspecified atom stereocenters. The molecule has 3 rings (SSSR count). The normalized spacial score (nSPS) is 15.8. The third-order valence-electron chi connectivity index (χ3n) is 4.52. The number of nitriles is 1. The van der Waals surface area contributed by atoms with Gasteiger partial charge in [0.1, 0.15) is 23.4 Å². The largest absolute Gasteiger partial charge is 0.484 e. The van der Waals surface area contributed by atoms with E-state index in [4.69, 9.17) is 4.74 Å². The molecular weight excluding hydrogens is 352 g/mol. The second-order valence-electron chi connectivity index (χ2n) is 6.24. The van der Waals surface area contributed by atoms with Gasteiger partial charge >= 0.3 is 0 Å². The number of benzene rings is 2. The average molecular weight is 371 g/mol. The van der Waals surface area contributed by atoms with E-state index in [0.717, 1.165) is 5.56 Å². The van der Waals surface area contributed by atoms with Crippen molar-refractivity contribution in [3.63, 3.8) is 0 Å². The van der Waals surface area contributed by atoms with Crippen LogP contribution in [0.25, 0.3) is 0 Å². The van der Waals surface area contributed by atoms with Gasteiger partial charge in [-0.3, -0.25) is 9.69 Å². The summed E-state index contributed by atoms with van der Waals surface area (Å²) in [5, 5.41) is 9.49. The maximum Gasteiger partial charge on any atom is 0.260 e. The molecule has 0 bridgehead atoms. The number of piperazine rings is 1. The Kier molecular flexibility index (Phi) is 5.99. The highest BCUT2D eigenvalue weighted by molar-refractivity contribution is 5.77. The topological polar surface area (TPSA) is 56.6 Å². The van der Waals surface area contributed by atoms with Gasteiger partial charge in [0.2, 0.25) is 0 Å². The van der Waals surface area contributed by atoms with Gasteiger partial charge in [-0.05, 0) is 42.0 Å². The number of rotatable bonds is 5. The zero-order chi connectivity index (χ0) is 19.2. The van der Waals surface area contributed by atoms with E-state index in [9.17, 15) is 18.8 Å². The summed E-state index contributed by atoms with van der Waals surface area (Å²) in [6, 6.07) is 13.2. The monoisotopic (exact) mass is 371 g/mol. The van der Waals surface area contributed by atoms with Gasteiger partial charge in [-0.15, -0.1) is 0 Å². The number of nitrogens with zero attached hydrogens (tertiary/aromatic N) is 3. The smallest absolute Gasteiger partial charge is 0.260 e. The Bertz CT molecular complexity index is 811. The van der Waals surface area contributed by atoms with Gasteiger partial charge in [0.25, 0.3) is 5.91 Å². The molecule has 1 saturated heterocycles. The summed E-state index contributed by atoms with van der Waals surface area (Å²) in [5.41, 5.74) is 0.735. The number of carbonyl (C=O) groups excluding carboxylic acids is 1. The van der Waals surface area contributed by atoms with E-state index in [1.165, 1.54) is 36.4 Å². The predicted molar refractivity (Wildman–Crippen MR) is 94.8 cm³/mol. The number of carbonyl (C=O) groups is 1. The van der Waals surface area contributed by atoms with Crippen molar-refractivity contribution >= 4 is 5.91 Å². The summed E-state index contributed by atoms with van der Waals surface area (Å²) >= 11 is 0. The zero-order valence-electron chi connectivity index (χ0n) is 14.6. The fourth-order valence-electron chi connectivity index (χ4n) is 3.01. The first-order chi connectivity index (χ1) is 13.1. The van der Waals surface area contributed by atoms with Gasteiger partial charge in [0.05, 0.1) is 6.07 Å². The molecule has 1 atom stereocenters. The van der Waals surface area contributed by atoms with Crippen molar-refractivity contribution in [1.29, 1.82) is 5.26 Å². The highest BCUT2D eigenvalue weighted by atomic mass is 19.1. The molecule has 1 aliphatic rings. The van der Waals surface area contributed by atoms with Crippen molar-refractivity contribution < 1.29 is 18.3 Å². The maximum atomic E-state index is 13.1. The second kappa shape index (κ2) is 8.60. The van der Waals surface area contributed by atoms with Crippen LogP contribution in [-0.4, -0.2) is 48.5 Å². The molecule has 1 aliphatic heterocycles. The Morgan fingerprint density at radius 2 is 1.56 bits per heavy atom.